The number of nitrogens with two attached hydrogens (primary N) is 1. The first-order valence-electron chi connectivity index (χ1n) is 6.85. The van der Waals surface area contributed by atoms with Gasteiger partial charge in [0.05, 0.1) is 12.2 Å². The van der Waals surface area contributed by atoms with Gasteiger partial charge in [-0.15, -0.1) is 0 Å². The Morgan fingerprint density at radius 1 is 1.55 bits per heavy atom. The molecule has 0 unspecified atom stereocenters. The van der Waals surface area contributed by atoms with Crippen molar-refractivity contribution < 1.29 is 4.74 Å². The fourth-order valence-electron chi connectivity index (χ4n) is 2.64. The summed E-state index contributed by atoms with van der Waals surface area (Å²) in [6.45, 7) is 6.00. The molecule has 5 nitrogen and oxygen atoms in total. The molecule has 0 saturated heterocycles. The summed E-state index contributed by atoms with van der Waals surface area (Å²) in [6, 6.07) is 1.87. The minimum atomic E-state index is -0.0988. The van der Waals surface area contributed by atoms with E-state index in [1.165, 1.54) is 0 Å². The molecule has 1 aliphatic heterocycles. The molecule has 1 aliphatic rings. The van der Waals surface area contributed by atoms with Crippen LogP contribution in [0.4, 0.5) is 0 Å². The van der Waals surface area contributed by atoms with Crippen LogP contribution in [0, 0.1) is 0 Å². The van der Waals surface area contributed by atoms with E-state index < -0.39 is 0 Å². The second kappa shape index (κ2) is 6.47. The number of thiocarbonyl (C=S) groups is 1. The molecule has 0 aliphatic carbocycles. The van der Waals surface area contributed by atoms with Crippen LogP contribution in [-0.2, 0) is 24.2 Å². The average molecular weight is 295 g/mol. The summed E-state index contributed by atoms with van der Waals surface area (Å²) >= 11 is 5.00. The van der Waals surface area contributed by atoms with Crippen molar-refractivity contribution in [1.82, 2.24) is 9.47 Å². The van der Waals surface area contributed by atoms with Crippen LogP contribution in [0.1, 0.15) is 23.7 Å². The van der Waals surface area contributed by atoms with Gasteiger partial charge in [-0.25, -0.2) is 0 Å². The molecule has 6 heteroatoms. The number of nitrogens with zero attached hydrogens (tertiary/aromatic N) is 2. The molecular formula is C14H21N3O2S. The molecule has 110 valence electrons. The zero-order valence-corrected chi connectivity index (χ0v) is 12.8. The largest absolute Gasteiger partial charge is 0.389 e. The number of fused-ring (bicyclic) bond motifs is 1. The fourth-order valence-corrected chi connectivity index (χ4v) is 2.79. The van der Waals surface area contributed by atoms with Gasteiger partial charge < -0.3 is 15.0 Å². The SMILES string of the molecule is CCN1CCc2c(cc(C(N)=S)c(=O)n2CCOC)C1. The lowest BCUT2D eigenvalue weighted by Gasteiger charge is -2.30. The minimum Gasteiger partial charge on any atom is -0.389 e. The van der Waals surface area contributed by atoms with Gasteiger partial charge in [0.15, 0.2) is 0 Å². The Hall–Kier alpha value is -1.24. The maximum atomic E-state index is 12.5. The molecule has 2 rings (SSSR count). The van der Waals surface area contributed by atoms with E-state index in [9.17, 15) is 4.79 Å². The van der Waals surface area contributed by atoms with Crippen LogP contribution in [0.15, 0.2) is 10.9 Å². The van der Waals surface area contributed by atoms with Crippen LogP contribution >= 0.6 is 12.2 Å². The van der Waals surface area contributed by atoms with E-state index in [2.05, 4.69) is 11.8 Å². The van der Waals surface area contributed by atoms with Crippen molar-refractivity contribution in [3.63, 3.8) is 0 Å². The second-order valence-electron chi connectivity index (χ2n) is 4.96. The van der Waals surface area contributed by atoms with Crippen LogP contribution < -0.4 is 11.3 Å². The van der Waals surface area contributed by atoms with Crippen molar-refractivity contribution >= 4 is 17.2 Å². The summed E-state index contributed by atoms with van der Waals surface area (Å²) in [7, 11) is 1.63. The van der Waals surface area contributed by atoms with Gasteiger partial charge in [0.2, 0.25) is 0 Å². The number of hydrogen-bond donors (Lipinski definition) is 1. The van der Waals surface area contributed by atoms with Gasteiger partial charge in [0, 0.05) is 38.9 Å². The lowest BCUT2D eigenvalue weighted by Crippen LogP contribution is -2.39. The predicted molar refractivity (Wildman–Crippen MR) is 83.1 cm³/mol. The summed E-state index contributed by atoms with van der Waals surface area (Å²) in [5, 5.41) is 0. The van der Waals surface area contributed by atoms with E-state index in [0.29, 0.717) is 18.7 Å². The Morgan fingerprint density at radius 3 is 2.90 bits per heavy atom. The van der Waals surface area contributed by atoms with Crippen LogP contribution in [-0.4, -0.2) is 41.3 Å². The molecule has 0 saturated carbocycles. The molecule has 2 heterocycles. The topological polar surface area (TPSA) is 60.5 Å². The van der Waals surface area contributed by atoms with Gasteiger partial charge in [-0.3, -0.25) is 9.69 Å². The van der Waals surface area contributed by atoms with Crippen molar-refractivity contribution in [3.05, 3.63) is 33.2 Å². The molecule has 0 spiro atoms. The van der Waals surface area contributed by atoms with Gasteiger partial charge in [0.1, 0.15) is 4.99 Å². The molecule has 1 aromatic heterocycles. The Kier molecular flexibility index (Phi) is 4.91. The minimum absolute atomic E-state index is 0.0988. The van der Waals surface area contributed by atoms with Crippen LogP contribution in [0.25, 0.3) is 0 Å². The molecule has 0 bridgehead atoms. The average Bonchev–Trinajstić information content (AvgIpc) is 2.45. The predicted octanol–water partition coefficient (Wildman–Crippen LogP) is 0.507. The van der Waals surface area contributed by atoms with Gasteiger partial charge in [-0.1, -0.05) is 19.1 Å². The third kappa shape index (κ3) is 2.92. The highest BCUT2D eigenvalue weighted by Gasteiger charge is 2.21. The van der Waals surface area contributed by atoms with Crippen molar-refractivity contribution in [2.24, 2.45) is 5.73 Å². The molecule has 1 aromatic rings. The van der Waals surface area contributed by atoms with Gasteiger partial charge in [0.25, 0.3) is 5.56 Å². The van der Waals surface area contributed by atoms with Crippen molar-refractivity contribution in [2.75, 3.05) is 26.8 Å². The van der Waals surface area contributed by atoms with Crippen LogP contribution in [0.5, 0.6) is 0 Å². The Labute approximate surface area is 124 Å². The zero-order chi connectivity index (χ0) is 14.7. The molecule has 0 radical (unpaired) electrons. The third-order valence-corrected chi connectivity index (χ3v) is 4.00. The molecule has 0 amide bonds. The smallest absolute Gasteiger partial charge is 0.261 e. The highest BCUT2D eigenvalue weighted by Crippen LogP contribution is 2.18. The van der Waals surface area contributed by atoms with E-state index in [1.807, 2.05) is 6.07 Å². The van der Waals surface area contributed by atoms with Gasteiger partial charge in [-0.05, 0) is 18.2 Å². The highest BCUT2D eigenvalue weighted by molar-refractivity contribution is 7.80. The first-order chi connectivity index (χ1) is 9.58. The number of pyridine rings is 1. The van der Waals surface area contributed by atoms with Gasteiger partial charge in [-0.2, -0.15) is 0 Å². The number of hydrogen-bond acceptors (Lipinski definition) is 4. The number of rotatable bonds is 5. The van der Waals surface area contributed by atoms with E-state index in [0.717, 1.165) is 37.3 Å². The van der Waals surface area contributed by atoms with Gasteiger partial charge >= 0.3 is 0 Å². The molecular weight excluding hydrogens is 274 g/mol. The van der Waals surface area contributed by atoms with Crippen LogP contribution in [0.2, 0.25) is 0 Å². The molecule has 0 atom stereocenters. The maximum Gasteiger partial charge on any atom is 0.261 e. The maximum absolute atomic E-state index is 12.5. The second-order valence-corrected chi connectivity index (χ2v) is 5.40. The monoisotopic (exact) mass is 295 g/mol. The normalized spacial score (nSPS) is 15.1. The first-order valence-corrected chi connectivity index (χ1v) is 7.26. The number of methoxy groups -OCH3 is 1. The Balaban J connectivity index is 2.51. The molecule has 20 heavy (non-hydrogen) atoms. The van der Waals surface area contributed by atoms with E-state index in [4.69, 9.17) is 22.7 Å². The summed E-state index contributed by atoms with van der Waals surface area (Å²) in [5.41, 5.74) is 8.27. The summed E-state index contributed by atoms with van der Waals surface area (Å²) in [4.78, 5) is 15.0. The number of aromatic nitrogens is 1. The van der Waals surface area contributed by atoms with Crippen molar-refractivity contribution in [1.29, 1.82) is 0 Å². The molecule has 2 N–H and O–H groups in total. The quantitative estimate of drug-likeness (QED) is 0.802. The van der Waals surface area contributed by atoms with E-state index in [1.54, 1.807) is 11.7 Å². The van der Waals surface area contributed by atoms with Crippen LogP contribution in [0.3, 0.4) is 0 Å². The standard InChI is InChI=1S/C14H21N3O2S/c1-3-16-5-4-12-10(9-16)8-11(13(15)20)14(18)17(12)6-7-19-2/h8H,3-7,9H2,1-2H3,(H2,15,20). The summed E-state index contributed by atoms with van der Waals surface area (Å²) in [6.07, 6.45) is 0.875. The number of ether oxygens (including phenoxy) is 1. The van der Waals surface area contributed by atoms with Crippen molar-refractivity contribution in [2.45, 2.75) is 26.4 Å². The Bertz CT molecular complexity index is 568. The lowest BCUT2D eigenvalue weighted by atomic mass is 10.0. The first kappa shape index (κ1) is 15.2. The third-order valence-electron chi connectivity index (χ3n) is 3.78. The molecule has 0 fully saturated rings. The summed E-state index contributed by atoms with van der Waals surface area (Å²) in [5.74, 6) is 0. The lowest BCUT2D eigenvalue weighted by molar-refractivity contribution is 0.183. The number of likely N-dealkylation sites (N-methyl/N-ethyl adjacent to an activating group) is 1. The van der Waals surface area contributed by atoms with Crippen molar-refractivity contribution in [3.8, 4) is 0 Å². The van der Waals surface area contributed by atoms with E-state index in [-0.39, 0.29) is 10.5 Å². The fraction of sp³-hybridized carbons (Fsp3) is 0.571. The molecule has 0 aromatic carbocycles. The van der Waals surface area contributed by atoms with E-state index >= 15 is 0 Å². The highest BCUT2D eigenvalue weighted by atomic mass is 32.1. The Morgan fingerprint density at radius 2 is 2.30 bits per heavy atom. The zero-order valence-electron chi connectivity index (χ0n) is 12.0. The summed E-state index contributed by atoms with van der Waals surface area (Å²) < 4.78 is 6.88.